The largest absolute Gasteiger partial charge is 0.352 e. The SMILES string of the molecule is Cn1ccsc1=NC(=O)CCNC(=O)c1ccc(Br)cc1. The Balaban J connectivity index is 1.84. The molecule has 0 saturated heterocycles. The number of amides is 2. The highest BCUT2D eigenvalue weighted by Crippen LogP contribution is 2.10. The molecule has 5 nitrogen and oxygen atoms in total. The normalized spacial score (nSPS) is 11.4. The highest BCUT2D eigenvalue weighted by molar-refractivity contribution is 9.10. The second-order valence-corrected chi connectivity index (χ2v) is 6.10. The Bertz CT molecular complexity index is 704. The van der Waals surface area contributed by atoms with Crippen molar-refractivity contribution in [1.82, 2.24) is 9.88 Å². The fraction of sp³-hybridized carbons (Fsp3) is 0.214. The highest BCUT2D eigenvalue weighted by Gasteiger charge is 2.06. The maximum absolute atomic E-state index is 11.8. The lowest BCUT2D eigenvalue weighted by molar-refractivity contribution is -0.117. The van der Waals surface area contributed by atoms with Gasteiger partial charge in [-0.3, -0.25) is 9.59 Å². The van der Waals surface area contributed by atoms with Gasteiger partial charge in [-0.05, 0) is 24.3 Å². The molecule has 0 spiro atoms. The zero-order chi connectivity index (χ0) is 15.2. The van der Waals surface area contributed by atoms with Crippen molar-refractivity contribution in [1.29, 1.82) is 0 Å². The molecule has 1 heterocycles. The number of halogens is 1. The fourth-order valence-corrected chi connectivity index (χ4v) is 2.59. The molecule has 0 aliphatic rings. The highest BCUT2D eigenvalue weighted by atomic mass is 79.9. The van der Waals surface area contributed by atoms with Gasteiger partial charge in [0.05, 0.1) is 0 Å². The van der Waals surface area contributed by atoms with Crippen LogP contribution in [0.5, 0.6) is 0 Å². The van der Waals surface area contributed by atoms with Crippen LogP contribution in [0.25, 0.3) is 0 Å². The van der Waals surface area contributed by atoms with E-state index in [0.29, 0.717) is 10.4 Å². The first-order valence-electron chi connectivity index (χ1n) is 6.28. The summed E-state index contributed by atoms with van der Waals surface area (Å²) in [5.41, 5.74) is 0.562. The summed E-state index contributed by atoms with van der Waals surface area (Å²) in [6.45, 7) is 0.270. The third-order valence-corrected chi connectivity index (χ3v) is 4.09. The lowest BCUT2D eigenvalue weighted by Gasteiger charge is -2.03. The van der Waals surface area contributed by atoms with Crippen LogP contribution in [0.4, 0.5) is 0 Å². The number of thiazole rings is 1. The van der Waals surface area contributed by atoms with Gasteiger partial charge in [-0.2, -0.15) is 4.99 Å². The van der Waals surface area contributed by atoms with E-state index in [4.69, 9.17) is 0 Å². The molecule has 0 aliphatic carbocycles. The third kappa shape index (κ3) is 4.64. The maximum Gasteiger partial charge on any atom is 0.251 e. The van der Waals surface area contributed by atoms with E-state index in [2.05, 4.69) is 26.2 Å². The van der Waals surface area contributed by atoms with Crippen LogP contribution in [-0.4, -0.2) is 22.9 Å². The topological polar surface area (TPSA) is 63.5 Å². The molecule has 21 heavy (non-hydrogen) atoms. The van der Waals surface area contributed by atoms with Crippen LogP contribution in [-0.2, 0) is 11.8 Å². The number of carbonyl (C=O) groups excluding carboxylic acids is 2. The number of aromatic nitrogens is 1. The first kappa shape index (κ1) is 15.7. The third-order valence-electron chi connectivity index (χ3n) is 2.71. The summed E-state index contributed by atoms with van der Waals surface area (Å²) in [5.74, 6) is -0.443. The van der Waals surface area contributed by atoms with Crippen molar-refractivity contribution >= 4 is 39.1 Å². The lowest BCUT2D eigenvalue weighted by atomic mass is 10.2. The van der Waals surface area contributed by atoms with Gasteiger partial charge in [0.25, 0.3) is 5.91 Å². The summed E-state index contributed by atoms with van der Waals surface area (Å²) in [4.78, 5) is 28.2. The molecule has 7 heteroatoms. The Morgan fingerprint density at radius 3 is 2.67 bits per heavy atom. The van der Waals surface area contributed by atoms with E-state index in [1.807, 2.05) is 18.6 Å². The van der Waals surface area contributed by atoms with Gasteiger partial charge in [0.15, 0.2) is 4.80 Å². The van der Waals surface area contributed by atoms with E-state index in [0.717, 1.165) is 4.47 Å². The second kappa shape index (κ2) is 7.33. The molecule has 0 fully saturated rings. The molecule has 2 aromatic rings. The Labute approximate surface area is 134 Å². The first-order valence-corrected chi connectivity index (χ1v) is 7.95. The van der Waals surface area contributed by atoms with E-state index in [-0.39, 0.29) is 24.8 Å². The van der Waals surface area contributed by atoms with Crippen LogP contribution < -0.4 is 10.1 Å². The van der Waals surface area contributed by atoms with Crippen molar-refractivity contribution in [3.05, 3.63) is 50.7 Å². The zero-order valence-corrected chi connectivity index (χ0v) is 13.8. The van der Waals surface area contributed by atoms with Crippen molar-refractivity contribution in [3.63, 3.8) is 0 Å². The number of benzene rings is 1. The van der Waals surface area contributed by atoms with Crippen LogP contribution >= 0.6 is 27.3 Å². The summed E-state index contributed by atoms with van der Waals surface area (Å²) in [7, 11) is 1.83. The van der Waals surface area contributed by atoms with Crippen molar-refractivity contribution in [3.8, 4) is 0 Å². The Kier molecular flexibility index (Phi) is 5.46. The molecule has 0 aliphatic heterocycles. The first-order chi connectivity index (χ1) is 10.1. The summed E-state index contributed by atoms with van der Waals surface area (Å²) in [6, 6.07) is 7.03. The van der Waals surface area contributed by atoms with E-state index in [1.54, 1.807) is 28.8 Å². The van der Waals surface area contributed by atoms with Crippen molar-refractivity contribution in [2.75, 3.05) is 6.54 Å². The molecule has 0 unspecified atom stereocenters. The van der Waals surface area contributed by atoms with Gasteiger partial charge in [0.1, 0.15) is 0 Å². The molecule has 0 saturated carbocycles. The van der Waals surface area contributed by atoms with Crippen molar-refractivity contribution in [2.24, 2.45) is 12.0 Å². The van der Waals surface area contributed by atoms with E-state index < -0.39 is 0 Å². The van der Waals surface area contributed by atoms with Crippen molar-refractivity contribution in [2.45, 2.75) is 6.42 Å². The number of rotatable bonds is 4. The average Bonchev–Trinajstić information content (AvgIpc) is 2.85. The van der Waals surface area contributed by atoms with Gasteiger partial charge in [0.2, 0.25) is 5.91 Å². The van der Waals surface area contributed by atoms with Gasteiger partial charge in [-0.1, -0.05) is 15.9 Å². The van der Waals surface area contributed by atoms with Crippen LogP contribution in [0.2, 0.25) is 0 Å². The van der Waals surface area contributed by atoms with Gasteiger partial charge < -0.3 is 9.88 Å². The van der Waals surface area contributed by atoms with Crippen LogP contribution in [0, 0.1) is 0 Å². The quantitative estimate of drug-likeness (QED) is 0.899. The predicted octanol–water partition coefficient (Wildman–Crippen LogP) is 2.10. The molecular weight excluding hydrogens is 354 g/mol. The van der Waals surface area contributed by atoms with Gasteiger partial charge >= 0.3 is 0 Å². The molecule has 1 N–H and O–H groups in total. The molecule has 0 bridgehead atoms. The van der Waals surface area contributed by atoms with E-state index in [1.165, 1.54) is 11.3 Å². The van der Waals surface area contributed by atoms with E-state index >= 15 is 0 Å². The monoisotopic (exact) mass is 367 g/mol. The summed E-state index contributed by atoms with van der Waals surface area (Å²) in [6.07, 6.45) is 2.02. The summed E-state index contributed by atoms with van der Waals surface area (Å²) < 4.78 is 2.69. The zero-order valence-electron chi connectivity index (χ0n) is 11.4. The molecule has 110 valence electrons. The number of hydrogen-bond acceptors (Lipinski definition) is 3. The standard InChI is InChI=1S/C14H14BrN3O2S/c1-18-8-9-21-14(18)17-12(19)6-7-16-13(20)10-2-4-11(15)5-3-10/h2-5,8-9H,6-7H2,1H3,(H,16,20). The average molecular weight is 368 g/mol. The number of nitrogens with one attached hydrogen (secondary N) is 1. The van der Waals surface area contributed by atoms with Gasteiger partial charge in [0, 0.05) is 41.6 Å². The van der Waals surface area contributed by atoms with Crippen LogP contribution in [0.3, 0.4) is 0 Å². The fourth-order valence-electron chi connectivity index (χ4n) is 1.58. The summed E-state index contributed by atoms with van der Waals surface area (Å²) >= 11 is 4.71. The Morgan fingerprint density at radius 1 is 1.33 bits per heavy atom. The predicted molar refractivity (Wildman–Crippen MR) is 85.0 cm³/mol. The van der Waals surface area contributed by atoms with Gasteiger partial charge in [-0.15, -0.1) is 11.3 Å². The minimum Gasteiger partial charge on any atom is -0.352 e. The minimum atomic E-state index is -0.246. The number of nitrogens with zero attached hydrogens (tertiary/aromatic N) is 2. The van der Waals surface area contributed by atoms with E-state index in [9.17, 15) is 9.59 Å². The molecule has 2 rings (SSSR count). The molecule has 0 atom stereocenters. The Hall–Kier alpha value is -1.73. The van der Waals surface area contributed by atoms with Crippen LogP contribution in [0.15, 0.2) is 45.3 Å². The molecule has 2 amide bonds. The maximum atomic E-state index is 11.8. The lowest BCUT2D eigenvalue weighted by Crippen LogP contribution is -2.26. The van der Waals surface area contributed by atoms with Crippen molar-refractivity contribution < 1.29 is 9.59 Å². The van der Waals surface area contributed by atoms with Crippen LogP contribution in [0.1, 0.15) is 16.8 Å². The number of carbonyl (C=O) groups is 2. The molecule has 0 radical (unpaired) electrons. The molecule has 1 aromatic carbocycles. The molecule has 1 aromatic heterocycles. The Morgan fingerprint density at radius 2 is 2.05 bits per heavy atom. The minimum absolute atomic E-state index is 0.181. The van der Waals surface area contributed by atoms with Gasteiger partial charge in [-0.25, -0.2) is 0 Å². The molecular formula is C14H14BrN3O2S. The smallest absolute Gasteiger partial charge is 0.251 e. The number of aryl methyl sites for hydroxylation is 1. The number of hydrogen-bond donors (Lipinski definition) is 1. The second-order valence-electron chi connectivity index (χ2n) is 4.31. The summed E-state index contributed by atoms with van der Waals surface area (Å²) in [5, 5.41) is 4.57.